The largest absolute Gasteiger partial charge is 0.481 e. The number of hydrogen-bond acceptors (Lipinski definition) is 6. The maximum atomic E-state index is 13.2. The van der Waals surface area contributed by atoms with Crippen molar-refractivity contribution in [2.24, 2.45) is 5.41 Å². The van der Waals surface area contributed by atoms with Gasteiger partial charge in [-0.1, -0.05) is 55.8 Å². The molecule has 0 bridgehead atoms. The van der Waals surface area contributed by atoms with E-state index in [0.717, 1.165) is 11.1 Å². The average Bonchev–Trinajstić information content (AvgIpc) is 2.85. The number of anilines is 2. The summed E-state index contributed by atoms with van der Waals surface area (Å²) >= 11 is 6.45. The van der Waals surface area contributed by atoms with Crippen molar-refractivity contribution in [2.45, 2.75) is 44.6 Å². The molecular formula is C26H29ClN4O4S. The number of hydrogen-bond donors (Lipinski definition) is 2. The van der Waals surface area contributed by atoms with Crippen LogP contribution < -0.4 is 9.62 Å². The van der Waals surface area contributed by atoms with E-state index in [0.29, 0.717) is 35.9 Å². The van der Waals surface area contributed by atoms with Gasteiger partial charge in [0.05, 0.1) is 16.1 Å². The Balaban J connectivity index is 1.63. The van der Waals surface area contributed by atoms with E-state index in [2.05, 4.69) is 28.5 Å². The molecule has 2 N–H and O–H groups in total. The SMILES string of the molecule is CC(C)c1ccccc1-c1nc(NS(=O)(=O)c2cccc(N3CCC[C@@](C)(C(=O)O)C3)n2)ccc1Cl. The maximum absolute atomic E-state index is 13.2. The Labute approximate surface area is 216 Å². The van der Waals surface area contributed by atoms with Crippen LogP contribution in [-0.4, -0.2) is 42.6 Å². The van der Waals surface area contributed by atoms with E-state index >= 15 is 0 Å². The van der Waals surface area contributed by atoms with Crippen LogP contribution in [0.4, 0.5) is 11.6 Å². The molecule has 1 saturated heterocycles. The molecule has 0 spiro atoms. The molecule has 8 nitrogen and oxygen atoms in total. The van der Waals surface area contributed by atoms with Gasteiger partial charge in [0.15, 0.2) is 5.03 Å². The number of pyridine rings is 2. The van der Waals surface area contributed by atoms with Crippen LogP contribution >= 0.6 is 11.6 Å². The lowest BCUT2D eigenvalue weighted by molar-refractivity contribution is -0.148. The molecule has 1 aliphatic heterocycles. The van der Waals surface area contributed by atoms with Crippen molar-refractivity contribution < 1.29 is 18.3 Å². The number of aromatic nitrogens is 2. The molecule has 10 heteroatoms. The maximum Gasteiger partial charge on any atom is 0.311 e. The first kappa shape index (κ1) is 25.9. The van der Waals surface area contributed by atoms with Gasteiger partial charge in [0.25, 0.3) is 10.0 Å². The zero-order chi connectivity index (χ0) is 26.1. The van der Waals surface area contributed by atoms with Gasteiger partial charge in [0.1, 0.15) is 11.6 Å². The monoisotopic (exact) mass is 528 g/mol. The van der Waals surface area contributed by atoms with Crippen molar-refractivity contribution in [3.8, 4) is 11.3 Å². The summed E-state index contributed by atoms with van der Waals surface area (Å²) in [7, 11) is -4.07. The first-order valence-corrected chi connectivity index (χ1v) is 13.6. The van der Waals surface area contributed by atoms with Crippen LogP contribution in [0.2, 0.25) is 5.02 Å². The first-order valence-electron chi connectivity index (χ1n) is 11.7. The second-order valence-corrected chi connectivity index (χ2v) is 11.6. The summed E-state index contributed by atoms with van der Waals surface area (Å²) in [5.74, 6) is -0.109. The summed E-state index contributed by atoms with van der Waals surface area (Å²) in [6.45, 7) is 6.69. The quantitative estimate of drug-likeness (QED) is 0.421. The van der Waals surface area contributed by atoms with Gasteiger partial charge in [0, 0.05) is 18.7 Å². The Morgan fingerprint density at radius 1 is 1.11 bits per heavy atom. The van der Waals surface area contributed by atoms with Crippen LogP contribution in [0, 0.1) is 5.41 Å². The molecule has 190 valence electrons. The van der Waals surface area contributed by atoms with Crippen molar-refractivity contribution in [1.29, 1.82) is 0 Å². The topological polar surface area (TPSA) is 112 Å². The lowest BCUT2D eigenvalue weighted by Gasteiger charge is -2.38. The second kappa shape index (κ2) is 10.1. The number of nitrogens with one attached hydrogen (secondary N) is 1. The number of aliphatic carboxylic acids is 1. The van der Waals surface area contributed by atoms with Crippen LogP contribution in [0.15, 0.2) is 59.6 Å². The molecule has 2 aromatic heterocycles. The molecule has 1 atom stereocenters. The molecule has 1 aromatic carbocycles. The third-order valence-corrected chi connectivity index (χ3v) is 8.00. The highest BCUT2D eigenvalue weighted by molar-refractivity contribution is 7.92. The number of benzene rings is 1. The fourth-order valence-electron chi connectivity index (χ4n) is 4.43. The van der Waals surface area contributed by atoms with Gasteiger partial charge in [-0.2, -0.15) is 8.42 Å². The second-order valence-electron chi connectivity index (χ2n) is 9.60. The minimum atomic E-state index is -4.07. The van der Waals surface area contributed by atoms with E-state index in [-0.39, 0.29) is 23.3 Å². The molecule has 0 unspecified atom stereocenters. The smallest absolute Gasteiger partial charge is 0.311 e. The summed E-state index contributed by atoms with van der Waals surface area (Å²) in [5.41, 5.74) is 1.47. The molecule has 36 heavy (non-hydrogen) atoms. The fourth-order valence-corrected chi connectivity index (χ4v) is 5.61. The Bertz CT molecular complexity index is 1400. The van der Waals surface area contributed by atoms with Gasteiger partial charge >= 0.3 is 5.97 Å². The zero-order valence-corrected chi connectivity index (χ0v) is 22.0. The Kier molecular flexibility index (Phi) is 7.24. The minimum Gasteiger partial charge on any atom is -0.481 e. The number of rotatable bonds is 7. The van der Waals surface area contributed by atoms with Gasteiger partial charge < -0.3 is 10.0 Å². The summed E-state index contributed by atoms with van der Waals surface area (Å²) in [5, 5.41) is 9.85. The third-order valence-electron chi connectivity index (χ3n) is 6.44. The van der Waals surface area contributed by atoms with E-state index in [1.807, 2.05) is 29.2 Å². The molecule has 1 aliphatic rings. The van der Waals surface area contributed by atoms with Crippen LogP contribution in [0.5, 0.6) is 0 Å². The van der Waals surface area contributed by atoms with Crippen LogP contribution in [0.25, 0.3) is 11.3 Å². The van der Waals surface area contributed by atoms with Gasteiger partial charge in [-0.15, -0.1) is 0 Å². The van der Waals surface area contributed by atoms with Crippen molar-refractivity contribution >= 4 is 39.2 Å². The zero-order valence-electron chi connectivity index (χ0n) is 20.4. The predicted octanol–water partition coefficient (Wildman–Crippen LogP) is 5.41. The third kappa shape index (κ3) is 5.32. The number of halogens is 1. The van der Waals surface area contributed by atoms with Crippen LogP contribution in [0.1, 0.15) is 45.1 Å². The van der Waals surface area contributed by atoms with E-state index in [1.54, 1.807) is 25.1 Å². The molecule has 3 heterocycles. The van der Waals surface area contributed by atoms with Gasteiger partial charge in [0.2, 0.25) is 0 Å². The van der Waals surface area contributed by atoms with Gasteiger partial charge in [-0.25, -0.2) is 9.97 Å². The number of carboxylic acids is 1. The normalized spacial score (nSPS) is 18.3. The molecule has 0 saturated carbocycles. The predicted molar refractivity (Wildman–Crippen MR) is 141 cm³/mol. The van der Waals surface area contributed by atoms with Gasteiger partial charge in [-0.3, -0.25) is 9.52 Å². The molecule has 0 aliphatic carbocycles. The average molecular weight is 529 g/mol. The summed E-state index contributed by atoms with van der Waals surface area (Å²) in [6, 6.07) is 15.6. The number of sulfonamides is 1. The van der Waals surface area contributed by atoms with Crippen LogP contribution in [-0.2, 0) is 14.8 Å². The molecule has 0 radical (unpaired) electrons. The Morgan fingerprint density at radius 2 is 1.86 bits per heavy atom. The Hall–Kier alpha value is -3.17. The van der Waals surface area contributed by atoms with E-state index in [1.165, 1.54) is 12.1 Å². The highest BCUT2D eigenvalue weighted by Gasteiger charge is 2.38. The number of carbonyl (C=O) groups is 1. The first-order chi connectivity index (χ1) is 17.0. The lowest BCUT2D eigenvalue weighted by Crippen LogP contribution is -2.46. The van der Waals surface area contributed by atoms with Crippen LogP contribution in [0.3, 0.4) is 0 Å². The highest BCUT2D eigenvalue weighted by atomic mass is 35.5. The molecule has 0 amide bonds. The standard InChI is InChI=1S/C26H29ClN4O4S/c1-17(2)18-8-4-5-9-19(18)24-20(27)12-13-21(28-24)30-36(34,35)23-11-6-10-22(29-23)31-15-7-14-26(3,16-31)25(32)33/h4-6,8-13,17H,7,14-16H2,1-3H3,(H,28,30)(H,32,33)/t26-/m1/s1. The van der Waals surface area contributed by atoms with E-state index in [4.69, 9.17) is 11.6 Å². The van der Waals surface area contributed by atoms with Gasteiger partial charge in [-0.05, 0) is 55.5 Å². The van der Waals surface area contributed by atoms with Crippen molar-refractivity contribution in [1.82, 2.24) is 9.97 Å². The summed E-state index contributed by atoms with van der Waals surface area (Å²) in [4.78, 5) is 22.4. The molecule has 4 rings (SSSR count). The summed E-state index contributed by atoms with van der Waals surface area (Å²) in [6.07, 6.45) is 1.23. The molecule has 1 fully saturated rings. The Morgan fingerprint density at radius 3 is 2.58 bits per heavy atom. The van der Waals surface area contributed by atoms with Crippen molar-refractivity contribution in [3.05, 3.63) is 65.2 Å². The number of carboxylic acid groups (broad SMARTS) is 1. The number of nitrogens with zero attached hydrogens (tertiary/aromatic N) is 3. The lowest BCUT2D eigenvalue weighted by atomic mass is 9.82. The van der Waals surface area contributed by atoms with Crippen molar-refractivity contribution in [3.63, 3.8) is 0 Å². The minimum absolute atomic E-state index is 0.122. The summed E-state index contributed by atoms with van der Waals surface area (Å²) < 4.78 is 29.0. The van der Waals surface area contributed by atoms with E-state index < -0.39 is 21.4 Å². The highest BCUT2D eigenvalue weighted by Crippen LogP contribution is 2.34. The fraction of sp³-hybridized carbons (Fsp3) is 0.346. The van der Waals surface area contributed by atoms with Crippen molar-refractivity contribution in [2.75, 3.05) is 22.7 Å². The molecular weight excluding hydrogens is 500 g/mol. The molecule has 3 aromatic rings. The number of piperidine rings is 1. The van der Waals surface area contributed by atoms with E-state index in [9.17, 15) is 18.3 Å².